The predicted molar refractivity (Wildman–Crippen MR) is 207 cm³/mol. The molecule has 2 aliphatic carbocycles. The van der Waals surface area contributed by atoms with Gasteiger partial charge in [0, 0.05) is 38.7 Å². The van der Waals surface area contributed by atoms with Crippen molar-refractivity contribution in [3.05, 3.63) is 47.1 Å². The van der Waals surface area contributed by atoms with Gasteiger partial charge in [0.2, 0.25) is 0 Å². The van der Waals surface area contributed by atoms with Crippen LogP contribution >= 0.6 is 0 Å². The van der Waals surface area contributed by atoms with E-state index < -0.39 is 71.7 Å². The molecule has 0 radical (unpaired) electrons. The number of rotatable bonds is 5. The van der Waals surface area contributed by atoms with E-state index in [1.165, 1.54) is 19.3 Å². The van der Waals surface area contributed by atoms with Gasteiger partial charge in [-0.2, -0.15) is 5.48 Å². The zero-order valence-electron chi connectivity index (χ0n) is 34.5. The summed E-state index contributed by atoms with van der Waals surface area (Å²) in [4.78, 5) is 14.7. The summed E-state index contributed by atoms with van der Waals surface area (Å²) in [6.45, 7) is 11.8. The van der Waals surface area contributed by atoms with Crippen LogP contribution in [0.25, 0.3) is 0 Å². The van der Waals surface area contributed by atoms with E-state index in [1.54, 1.807) is 20.1 Å². The Labute approximate surface area is 332 Å². The van der Waals surface area contributed by atoms with Crippen molar-refractivity contribution >= 4 is 5.97 Å². The SMILES string of the molecule is CO[C@H]1C[C@H](OC2/C(C)=C/CC3C[C@@H](C[C@]4(CC[C@H](C)[C@@H](C5CCCCC5)O4)O3)OC(=O)[C@@]3(C)C=C(C)[C@@H](NO)[C@H]4OC/C(=C\C=C\[C@@H]2C)[C@]43O)O[C@@H](C)[C@@H]1O. The fraction of sp³-hybridized carbons (Fsp3) is 0.795. The molecule has 1 saturated carbocycles. The number of hydrogen-bond acceptors (Lipinski definition) is 12. The van der Waals surface area contributed by atoms with Crippen molar-refractivity contribution in [1.29, 1.82) is 0 Å². The zero-order valence-corrected chi connectivity index (χ0v) is 34.5. The van der Waals surface area contributed by atoms with Gasteiger partial charge in [0.1, 0.15) is 29.3 Å². The molecule has 2 bridgehead atoms. The van der Waals surface area contributed by atoms with E-state index in [4.69, 9.17) is 33.2 Å². The minimum absolute atomic E-state index is 0.0620. The maximum absolute atomic E-state index is 14.7. The number of hydroxylamine groups is 1. The molecule has 7 rings (SSSR count). The van der Waals surface area contributed by atoms with E-state index in [9.17, 15) is 20.2 Å². The molecule has 7 aliphatic rings. The van der Waals surface area contributed by atoms with Gasteiger partial charge in [-0.15, -0.1) is 0 Å². The topological polar surface area (TPSA) is 154 Å². The predicted octanol–water partition coefficient (Wildman–Crippen LogP) is 5.98. The summed E-state index contributed by atoms with van der Waals surface area (Å²) in [5, 5.41) is 33.7. The van der Waals surface area contributed by atoms with E-state index >= 15 is 0 Å². The van der Waals surface area contributed by atoms with Gasteiger partial charge in [0.25, 0.3) is 0 Å². The van der Waals surface area contributed by atoms with Crippen molar-refractivity contribution in [2.24, 2.45) is 23.2 Å². The van der Waals surface area contributed by atoms with Crippen molar-refractivity contribution in [3.8, 4) is 0 Å². The van der Waals surface area contributed by atoms with Crippen LogP contribution in [0.3, 0.4) is 0 Å². The summed E-state index contributed by atoms with van der Waals surface area (Å²) in [5.41, 5.74) is 1.15. The summed E-state index contributed by atoms with van der Waals surface area (Å²) in [6, 6.07) is -0.733. The third-order valence-electron chi connectivity index (χ3n) is 14.3. The number of hydrogen-bond donors (Lipinski definition) is 4. The van der Waals surface area contributed by atoms with Gasteiger partial charge >= 0.3 is 5.97 Å². The Kier molecular flexibility index (Phi) is 12.8. The second kappa shape index (κ2) is 17.0. The summed E-state index contributed by atoms with van der Waals surface area (Å²) in [5.74, 6) is -0.727. The van der Waals surface area contributed by atoms with E-state index in [2.05, 4.69) is 32.3 Å². The number of aliphatic hydroxyl groups excluding tert-OH is 1. The first kappa shape index (κ1) is 42.2. The van der Waals surface area contributed by atoms with Crippen LogP contribution in [-0.2, 0) is 38.0 Å². The Morgan fingerprint density at radius 1 is 1.00 bits per heavy atom. The summed E-state index contributed by atoms with van der Waals surface area (Å²) < 4.78 is 45.5. The first-order valence-corrected chi connectivity index (χ1v) is 21.3. The first-order valence-electron chi connectivity index (χ1n) is 21.3. The van der Waals surface area contributed by atoms with Crippen LogP contribution in [0, 0.1) is 23.2 Å². The molecule has 5 heterocycles. The fourth-order valence-corrected chi connectivity index (χ4v) is 11.0. The third-order valence-corrected chi connectivity index (χ3v) is 14.3. The quantitative estimate of drug-likeness (QED) is 0.147. The van der Waals surface area contributed by atoms with Gasteiger partial charge in [-0.1, -0.05) is 69.1 Å². The van der Waals surface area contributed by atoms with E-state index in [0.717, 1.165) is 24.8 Å². The van der Waals surface area contributed by atoms with Crippen LogP contribution in [0.1, 0.15) is 112 Å². The van der Waals surface area contributed by atoms with Gasteiger partial charge in [-0.05, 0) is 76.4 Å². The summed E-state index contributed by atoms with van der Waals surface area (Å²) >= 11 is 0. The lowest BCUT2D eigenvalue weighted by atomic mass is 9.61. The average Bonchev–Trinajstić information content (AvgIpc) is 3.52. The molecule has 314 valence electrons. The standard InChI is InChI=1S/C44H67NO11/c1-25-12-11-15-31-24-51-40-36(45-49)28(4)22-42(6,44(31,40)48)41(47)53-33-20-32(17-16-26(2)38(25)54-35-21-34(50-7)37(46)29(5)52-35)55-43(23-33)19-18-27(3)39(56-43)30-13-9-8-10-14-30/h11-12,15-16,22,25,27,29-30,32-40,45-46,48-49H,8-10,13-14,17-21,23-24H2,1-7H3/b12-11+,26-16+,31-15+/t25-,27-,29-,32?,33-,34-,35-,36+,37-,38?,39-,40+,42+,43+,44-/m0/s1. The zero-order chi connectivity index (χ0) is 40.0. The number of carbonyl (C=O) groups excluding carboxylic acids is 1. The van der Waals surface area contributed by atoms with Gasteiger partial charge in [-0.3, -0.25) is 4.79 Å². The number of aliphatic hydroxyl groups is 2. The minimum atomic E-state index is -1.83. The smallest absolute Gasteiger partial charge is 0.319 e. The highest BCUT2D eigenvalue weighted by atomic mass is 16.7. The molecule has 4 N–H and O–H groups in total. The van der Waals surface area contributed by atoms with Gasteiger partial charge in [0.05, 0.1) is 43.2 Å². The average molecular weight is 786 g/mol. The minimum Gasteiger partial charge on any atom is -0.461 e. The number of esters is 1. The van der Waals surface area contributed by atoms with Crippen molar-refractivity contribution in [2.75, 3.05) is 13.7 Å². The van der Waals surface area contributed by atoms with Crippen LogP contribution in [0.15, 0.2) is 47.1 Å². The maximum atomic E-state index is 14.7. The lowest BCUT2D eigenvalue weighted by Gasteiger charge is -2.52. The number of ether oxygens (including phenoxy) is 7. The van der Waals surface area contributed by atoms with Gasteiger partial charge in [0.15, 0.2) is 12.1 Å². The van der Waals surface area contributed by atoms with Crippen molar-refractivity contribution in [2.45, 2.75) is 185 Å². The van der Waals surface area contributed by atoms with Crippen LogP contribution in [-0.4, -0.2) is 108 Å². The van der Waals surface area contributed by atoms with Crippen molar-refractivity contribution in [3.63, 3.8) is 0 Å². The molecule has 12 heteroatoms. The van der Waals surface area contributed by atoms with E-state index in [0.29, 0.717) is 55.1 Å². The highest BCUT2D eigenvalue weighted by Gasteiger charge is 2.66. The number of methoxy groups -OCH3 is 1. The molecule has 5 fully saturated rings. The molecular formula is C44H67NO11. The number of carbonyl (C=O) groups is 1. The van der Waals surface area contributed by atoms with Crippen molar-refractivity contribution in [1.82, 2.24) is 5.48 Å². The van der Waals surface area contributed by atoms with Crippen LogP contribution in [0.5, 0.6) is 0 Å². The molecule has 12 nitrogen and oxygen atoms in total. The Hall–Kier alpha value is -1.97. The molecule has 0 aromatic carbocycles. The molecule has 0 aromatic rings. The van der Waals surface area contributed by atoms with Crippen LogP contribution in [0.4, 0.5) is 0 Å². The highest BCUT2D eigenvalue weighted by Crippen LogP contribution is 2.53. The fourth-order valence-electron chi connectivity index (χ4n) is 11.0. The molecule has 2 unspecified atom stereocenters. The Morgan fingerprint density at radius 2 is 1.77 bits per heavy atom. The Balaban J connectivity index is 1.27. The van der Waals surface area contributed by atoms with Gasteiger partial charge in [-0.25, -0.2) is 0 Å². The molecule has 0 amide bonds. The second-order valence-corrected chi connectivity index (χ2v) is 18.3. The van der Waals surface area contributed by atoms with E-state index in [-0.39, 0.29) is 24.7 Å². The van der Waals surface area contributed by atoms with Crippen molar-refractivity contribution < 1.29 is 53.4 Å². The third kappa shape index (κ3) is 7.89. The lowest BCUT2D eigenvalue weighted by Crippen LogP contribution is -2.65. The number of fused-ring (bicyclic) bond motifs is 2. The lowest BCUT2D eigenvalue weighted by molar-refractivity contribution is -0.342. The normalized spacial score (nSPS) is 49.2. The largest absolute Gasteiger partial charge is 0.461 e. The Bertz CT molecular complexity index is 1540. The van der Waals surface area contributed by atoms with Crippen LogP contribution < -0.4 is 5.48 Å². The van der Waals surface area contributed by atoms with E-state index in [1.807, 2.05) is 32.1 Å². The molecule has 0 aromatic heterocycles. The summed E-state index contributed by atoms with van der Waals surface area (Å²) in [7, 11) is 1.59. The summed E-state index contributed by atoms with van der Waals surface area (Å²) in [6.07, 6.45) is 14.7. The van der Waals surface area contributed by atoms with Crippen LogP contribution in [0.2, 0.25) is 0 Å². The highest BCUT2D eigenvalue weighted by molar-refractivity contribution is 5.83. The first-order chi connectivity index (χ1) is 26.7. The molecule has 4 saturated heterocycles. The van der Waals surface area contributed by atoms with Gasteiger partial charge < -0.3 is 48.6 Å². The monoisotopic (exact) mass is 785 g/mol. The number of allylic oxidation sites excluding steroid dienone is 2. The maximum Gasteiger partial charge on any atom is 0.319 e. The molecule has 15 atom stereocenters. The molecular weight excluding hydrogens is 718 g/mol. The number of nitrogens with one attached hydrogen (secondary N) is 1. The molecule has 56 heavy (non-hydrogen) atoms. The Morgan fingerprint density at radius 3 is 2.50 bits per heavy atom. The molecule has 1 spiro atoms. The molecule has 5 aliphatic heterocycles. The second-order valence-electron chi connectivity index (χ2n) is 18.3.